The van der Waals surface area contributed by atoms with Crippen LogP contribution in [0.25, 0.3) is 0 Å². The van der Waals surface area contributed by atoms with Gasteiger partial charge >= 0.3 is 6.18 Å². The number of halogens is 3. The maximum Gasteiger partial charge on any atom is 0.418 e. The molecule has 2 rings (SSSR count). The van der Waals surface area contributed by atoms with Crippen molar-refractivity contribution in [3.63, 3.8) is 0 Å². The Morgan fingerprint density at radius 1 is 1.00 bits per heavy atom. The molecular formula is C18H15F3N2O2. The summed E-state index contributed by atoms with van der Waals surface area (Å²) in [6.45, 7) is 3.73. The van der Waals surface area contributed by atoms with Crippen molar-refractivity contribution in [3.05, 3.63) is 77.9 Å². The molecule has 0 aliphatic carbocycles. The van der Waals surface area contributed by atoms with Gasteiger partial charge in [-0.2, -0.15) is 13.2 Å². The number of amides is 2. The molecule has 2 aromatic rings. The number of hydrogen-bond donors (Lipinski definition) is 2. The zero-order valence-corrected chi connectivity index (χ0v) is 13.1. The molecule has 0 atom stereocenters. The largest absolute Gasteiger partial charge is 0.418 e. The average Bonchev–Trinajstić information content (AvgIpc) is 2.59. The van der Waals surface area contributed by atoms with E-state index in [1.807, 2.05) is 0 Å². The summed E-state index contributed by atoms with van der Waals surface area (Å²) in [5, 5.41) is 4.79. The second-order valence-electron chi connectivity index (χ2n) is 5.08. The minimum absolute atomic E-state index is 0.0724. The van der Waals surface area contributed by atoms with Crippen LogP contribution in [0.2, 0.25) is 0 Å². The molecule has 2 aromatic carbocycles. The normalized spacial score (nSPS) is 10.8. The first-order valence-corrected chi connectivity index (χ1v) is 7.29. The van der Waals surface area contributed by atoms with Crippen molar-refractivity contribution in [1.82, 2.24) is 5.32 Å². The van der Waals surface area contributed by atoms with Gasteiger partial charge < -0.3 is 10.6 Å². The summed E-state index contributed by atoms with van der Waals surface area (Å²) in [6.07, 6.45) is -3.08. The summed E-state index contributed by atoms with van der Waals surface area (Å²) in [7, 11) is 0. The first-order valence-electron chi connectivity index (χ1n) is 7.29. The quantitative estimate of drug-likeness (QED) is 0.806. The van der Waals surface area contributed by atoms with Gasteiger partial charge in [0.15, 0.2) is 0 Å². The Labute approximate surface area is 142 Å². The molecule has 0 saturated heterocycles. The third kappa shape index (κ3) is 4.69. The molecule has 2 N–H and O–H groups in total. The predicted molar refractivity (Wildman–Crippen MR) is 88.4 cm³/mol. The van der Waals surface area contributed by atoms with Crippen LogP contribution >= 0.6 is 0 Å². The van der Waals surface area contributed by atoms with E-state index in [2.05, 4.69) is 17.2 Å². The zero-order chi connectivity index (χ0) is 18.4. The van der Waals surface area contributed by atoms with Crippen molar-refractivity contribution in [2.45, 2.75) is 6.18 Å². The smallest absolute Gasteiger partial charge is 0.349 e. The Hall–Kier alpha value is -3.09. The fraction of sp³-hybridized carbons (Fsp3) is 0.111. The Morgan fingerprint density at radius 2 is 1.64 bits per heavy atom. The van der Waals surface area contributed by atoms with Crippen LogP contribution in [0.15, 0.2) is 61.2 Å². The molecule has 0 saturated carbocycles. The van der Waals surface area contributed by atoms with Gasteiger partial charge in [-0.15, -0.1) is 6.58 Å². The van der Waals surface area contributed by atoms with E-state index in [-0.39, 0.29) is 23.4 Å². The second kappa shape index (κ2) is 7.65. The van der Waals surface area contributed by atoms with Gasteiger partial charge in [-0.3, -0.25) is 9.59 Å². The Bertz CT molecular complexity index is 801. The van der Waals surface area contributed by atoms with Crippen LogP contribution in [-0.4, -0.2) is 18.4 Å². The van der Waals surface area contributed by atoms with E-state index in [1.165, 1.54) is 48.5 Å². The highest BCUT2D eigenvalue weighted by Crippen LogP contribution is 2.34. The van der Waals surface area contributed by atoms with Gasteiger partial charge in [0.25, 0.3) is 11.8 Å². The Balaban J connectivity index is 2.23. The summed E-state index contributed by atoms with van der Waals surface area (Å²) in [5.74, 6) is -1.15. The van der Waals surface area contributed by atoms with Crippen molar-refractivity contribution >= 4 is 17.5 Å². The van der Waals surface area contributed by atoms with Gasteiger partial charge in [-0.05, 0) is 30.3 Å². The molecule has 0 aliphatic heterocycles. The standard InChI is InChI=1S/C18H15F3N2O2/c1-2-10-22-16(24)12-6-5-7-13(11-12)17(25)23-15-9-4-3-8-14(15)18(19,20)21/h2-9,11H,1,10H2,(H,22,24)(H,23,25). The molecule has 130 valence electrons. The van der Waals surface area contributed by atoms with E-state index in [1.54, 1.807) is 0 Å². The molecule has 0 bridgehead atoms. The average molecular weight is 348 g/mol. The van der Waals surface area contributed by atoms with E-state index < -0.39 is 23.6 Å². The minimum atomic E-state index is -4.59. The van der Waals surface area contributed by atoms with Crippen molar-refractivity contribution in [1.29, 1.82) is 0 Å². The van der Waals surface area contributed by atoms with Crippen LogP contribution in [-0.2, 0) is 6.18 Å². The van der Waals surface area contributed by atoms with Gasteiger partial charge in [0.2, 0.25) is 0 Å². The fourth-order valence-electron chi connectivity index (χ4n) is 2.10. The Morgan fingerprint density at radius 3 is 2.28 bits per heavy atom. The molecule has 4 nitrogen and oxygen atoms in total. The van der Waals surface area contributed by atoms with Crippen molar-refractivity contribution in [2.24, 2.45) is 0 Å². The van der Waals surface area contributed by atoms with Gasteiger partial charge in [0.1, 0.15) is 0 Å². The number of alkyl halides is 3. The molecule has 2 amide bonds. The highest BCUT2D eigenvalue weighted by Gasteiger charge is 2.33. The molecule has 0 radical (unpaired) electrons. The summed E-state index contributed by atoms with van der Waals surface area (Å²) >= 11 is 0. The number of para-hydroxylation sites is 1. The predicted octanol–water partition coefficient (Wildman–Crippen LogP) is 3.87. The second-order valence-corrected chi connectivity index (χ2v) is 5.08. The number of carbonyl (C=O) groups is 2. The van der Waals surface area contributed by atoms with Crippen LogP contribution in [0.3, 0.4) is 0 Å². The van der Waals surface area contributed by atoms with E-state index in [0.29, 0.717) is 0 Å². The summed E-state index contributed by atoms with van der Waals surface area (Å²) in [5.41, 5.74) is -0.994. The minimum Gasteiger partial charge on any atom is -0.349 e. The van der Waals surface area contributed by atoms with Crippen molar-refractivity contribution in [3.8, 4) is 0 Å². The van der Waals surface area contributed by atoms with Crippen LogP contribution in [0.4, 0.5) is 18.9 Å². The molecule has 0 aromatic heterocycles. The zero-order valence-electron chi connectivity index (χ0n) is 13.1. The number of anilines is 1. The molecule has 0 aliphatic rings. The van der Waals surface area contributed by atoms with Gasteiger partial charge in [-0.1, -0.05) is 24.3 Å². The molecule has 25 heavy (non-hydrogen) atoms. The van der Waals surface area contributed by atoms with Crippen LogP contribution in [0.5, 0.6) is 0 Å². The number of benzene rings is 2. The van der Waals surface area contributed by atoms with Crippen molar-refractivity contribution in [2.75, 3.05) is 11.9 Å². The number of nitrogens with one attached hydrogen (secondary N) is 2. The maximum atomic E-state index is 13.0. The highest BCUT2D eigenvalue weighted by molar-refractivity contribution is 6.06. The van der Waals surface area contributed by atoms with Crippen LogP contribution < -0.4 is 10.6 Å². The van der Waals surface area contributed by atoms with Gasteiger partial charge in [-0.25, -0.2) is 0 Å². The third-order valence-corrected chi connectivity index (χ3v) is 3.27. The highest BCUT2D eigenvalue weighted by atomic mass is 19.4. The summed E-state index contributed by atoms with van der Waals surface area (Å²) < 4.78 is 38.9. The van der Waals surface area contributed by atoms with Crippen molar-refractivity contribution < 1.29 is 22.8 Å². The fourth-order valence-corrected chi connectivity index (χ4v) is 2.10. The first kappa shape index (κ1) is 18.3. The summed E-state index contributed by atoms with van der Waals surface area (Å²) in [6, 6.07) is 10.4. The molecule has 0 spiro atoms. The lowest BCUT2D eigenvalue weighted by Gasteiger charge is -2.13. The van der Waals surface area contributed by atoms with Crippen LogP contribution in [0, 0.1) is 0 Å². The molecular weight excluding hydrogens is 333 g/mol. The molecule has 0 fully saturated rings. The number of rotatable bonds is 5. The molecule has 0 unspecified atom stereocenters. The summed E-state index contributed by atoms with van der Waals surface area (Å²) in [4.78, 5) is 24.1. The van der Waals surface area contributed by atoms with Gasteiger partial charge in [0, 0.05) is 17.7 Å². The monoisotopic (exact) mass is 348 g/mol. The number of carbonyl (C=O) groups excluding carboxylic acids is 2. The lowest BCUT2D eigenvalue weighted by molar-refractivity contribution is -0.136. The topological polar surface area (TPSA) is 58.2 Å². The lowest BCUT2D eigenvalue weighted by atomic mass is 10.1. The Kier molecular flexibility index (Phi) is 5.59. The van der Waals surface area contributed by atoms with E-state index in [4.69, 9.17) is 0 Å². The van der Waals surface area contributed by atoms with E-state index in [0.717, 1.165) is 6.07 Å². The number of hydrogen-bond acceptors (Lipinski definition) is 2. The maximum absolute atomic E-state index is 13.0. The van der Waals surface area contributed by atoms with E-state index in [9.17, 15) is 22.8 Å². The molecule has 7 heteroatoms. The third-order valence-electron chi connectivity index (χ3n) is 3.27. The van der Waals surface area contributed by atoms with E-state index >= 15 is 0 Å². The first-order chi connectivity index (χ1) is 11.8. The van der Waals surface area contributed by atoms with Crippen LogP contribution in [0.1, 0.15) is 26.3 Å². The molecule has 0 heterocycles. The lowest BCUT2D eigenvalue weighted by Crippen LogP contribution is -2.23. The van der Waals surface area contributed by atoms with Gasteiger partial charge in [0.05, 0.1) is 11.3 Å². The SMILES string of the molecule is C=CCNC(=O)c1cccc(C(=O)Nc2ccccc2C(F)(F)F)c1.